The van der Waals surface area contributed by atoms with Crippen molar-refractivity contribution >= 4 is 37.7 Å². The monoisotopic (exact) mass is 633 g/mol. The lowest BCUT2D eigenvalue weighted by atomic mass is 9.78. The highest BCUT2D eigenvalue weighted by Crippen LogP contribution is 2.48. The van der Waals surface area contributed by atoms with Crippen molar-refractivity contribution in [2.75, 3.05) is 22.9 Å². The highest BCUT2D eigenvalue weighted by atomic mass is 28.3. The van der Waals surface area contributed by atoms with Crippen molar-refractivity contribution in [3.63, 3.8) is 0 Å². The fourth-order valence-corrected chi connectivity index (χ4v) is 8.84. The maximum Gasteiger partial charge on any atom is 0.494 e. The molecule has 6 rings (SSSR count). The summed E-state index contributed by atoms with van der Waals surface area (Å²) in [5, 5.41) is 11.3. The Morgan fingerprint density at radius 3 is 1.78 bits per heavy atom. The van der Waals surface area contributed by atoms with Crippen LogP contribution in [0.15, 0.2) is 60.7 Å². The molecule has 2 atom stereocenters. The van der Waals surface area contributed by atoms with Gasteiger partial charge in [-0.3, -0.25) is 10.1 Å². The molecule has 3 fully saturated rings. The van der Waals surface area contributed by atoms with Crippen molar-refractivity contribution in [3.8, 4) is 0 Å². The molecule has 3 heterocycles. The van der Waals surface area contributed by atoms with E-state index in [4.69, 9.17) is 9.31 Å². The average molecular weight is 634 g/mol. The van der Waals surface area contributed by atoms with Crippen molar-refractivity contribution in [1.82, 2.24) is 0 Å². The fourth-order valence-electron chi connectivity index (χ4n) is 6.84. The molecule has 0 amide bonds. The van der Waals surface area contributed by atoms with Crippen LogP contribution in [0.5, 0.6) is 0 Å². The fraction of sp³-hybridized carbons (Fsp3) is 0.471. The lowest BCUT2D eigenvalue weighted by Gasteiger charge is -2.38. The Morgan fingerprint density at radius 2 is 1.31 bits per heavy atom. The number of nitro groups is 1. The third-order valence-corrected chi connectivity index (χ3v) is 13.6. The molecule has 3 aromatic carbocycles. The largest absolute Gasteiger partial charge is 0.494 e. The van der Waals surface area contributed by atoms with Crippen LogP contribution in [0.2, 0.25) is 25.2 Å². The van der Waals surface area contributed by atoms with Crippen molar-refractivity contribution in [2.24, 2.45) is 0 Å². The molecule has 0 bridgehead atoms. The predicted octanol–water partition coefficient (Wildman–Crippen LogP) is 7.78. The molecule has 3 saturated heterocycles. The molecule has 3 aliphatic rings. The van der Waals surface area contributed by atoms with Crippen LogP contribution in [-0.4, -0.2) is 44.4 Å². The number of anilines is 2. The topological polar surface area (TPSA) is 68.1 Å². The van der Waals surface area contributed by atoms with Gasteiger partial charge in [0.2, 0.25) is 0 Å². The summed E-state index contributed by atoms with van der Waals surface area (Å²) in [6.45, 7) is 14.1. The van der Waals surface area contributed by atoms with Gasteiger partial charge < -0.3 is 19.1 Å². The standard InChI is InChI=1S/C34H42BF2N3O4Si/c1-33(2)34(3,4)44-35(43-33)25-11-7-23(8-12-25)30-15-16-31(24-9-13-26(14-10-24)40(41)42)39(30)27-21-28(36)32(29(37)22-27)38-17-19-45(5,6)20-18-38/h7-14,21-22,30-31H,15-20H2,1-6H3/t30-,31-/m1/s1. The minimum atomic E-state index is -1.32. The second kappa shape index (κ2) is 11.5. The number of non-ortho nitro benzene ring substituents is 1. The Labute approximate surface area is 265 Å². The van der Waals surface area contributed by atoms with Crippen LogP contribution >= 0.6 is 0 Å². The van der Waals surface area contributed by atoms with Crippen LogP contribution in [0.3, 0.4) is 0 Å². The first kappa shape index (κ1) is 31.7. The van der Waals surface area contributed by atoms with Gasteiger partial charge in [-0.15, -0.1) is 0 Å². The van der Waals surface area contributed by atoms with E-state index in [9.17, 15) is 10.1 Å². The van der Waals surface area contributed by atoms with Crippen LogP contribution in [0.1, 0.15) is 63.7 Å². The smallest absolute Gasteiger partial charge is 0.399 e. The maximum absolute atomic E-state index is 15.9. The summed E-state index contributed by atoms with van der Waals surface area (Å²) in [7, 11) is -1.81. The van der Waals surface area contributed by atoms with E-state index in [1.54, 1.807) is 12.1 Å². The molecule has 0 spiro atoms. The second-order valence-corrected chi connectivity index (χ2v) is 19.9. The number of nitro benzene ring substituents is 1. The van der Waals surface area contributed by atoms with Crippen molar-refractivity contribution in [1.29, 1.82) is 0 Å². The first-order valence-electron chi connectivity index (χ1n) is 15.9. The van der Waals surface area contributed by atoms with Crippen LogP contribution < -0.4 is 15.3 Å². The van der Waals surface area contributed by atoms with E-state index in [1.807, 2.05) is 56.9 Å². The van der Waals surface area contributed by atoms with E-state index >= 15 is 8.78 Å². The molecule has 11 heteroatoms. The molecule has 45 heavy (non-hydrogen) atoms. The summed E-state index contributed by atoms with van der Waals surface area (Å²) in [5.41, 5.74) is 2.39. The predicted molar refractivity (Wildman–Crippen MR) is 178 cm³/mol. The summed E-state index contributed by atoms with van der Waals surface area (Å²) in [6.07, 6.45) is 1.46. The van der Waals surface area contributed by atoms with Crippen molar-refractivity contribution in [2.45, 2.75) is 89.0 Å². The summed E-state index contributed by atoms with van der Waals surface area (Å²) in [6, 6.07) is 19.1. The number of nitrogens with zero attached hydrogens (tertiary/aromatic N) is 3. The Bertz CT molecular complexity index is 1540. The molecular formula is C34H42BF2N3O4Si. The third-order valence-electron chi connectivity index (χ3n) is 10.5. The van der Waals surface area contributed by atoms with Gasteiger partial charge in [-0.25, -0.2) is 8.78 Å². The molecule has 0 radical (unpaired) electrons. The van der Waals surface area contributed by atoms with E-state index in [2.05, 4.69) is 18.0 Å². The Kier molecular flexibility index (Phi) is 8.11. The summed E-state index contributed by atoms with van der Waals surface area (Å²) in [5.74, 6) is -1.12. The number of rotatable bonds is 6. The molecule has 7 nitrogen and oxygen atoms in total. The van der Waals surface area contributed by atoms with Gasteiger partial charge in [0.1, 0.15) is 5.69 Å². The average Bonchev–Trinajstić information content (AvgIpc) is 3.51. The minimum absolute atomic E-state index is 0.00681. The van der Waals surface area contributed by atoms with E-state index in [1.165, 1.54) is 24.3 Å². The van der Waals surface area contributed by atoms with Gasteiger partial charge in [-0.2, -0.15) is 0 Å². The molecule has 0 saturated carbocycles. The third kappa shape index (κ3) is 6.02. The Morgan fingerprint density at radius 1 is 0.844 bits per heavy atom. The summed E-state index contributed by atoms with van der Waals surface area (Å²) >= 11 is 0. The van der Waals surface area contributed by atoms with E-state index in [0.717, 1.165) is 41.5 Å². The summed E-state index contributed by atoms with van der Waals surface area (Å²) in [4.78, 5) is 14.8. The van der Waals surface area contributed by atoms with Gasteiger partial charge in [0.25, 0.3) is 5.69 Å². The first-order chi connectivity index (χ1) is 21.2. The minimum Gasteiger partial charge on any atom is -0.399 e. The Hall–Kier alpha value is -3.28. The molecule has 3 aromatic rings. The van der Waals surface area contributed by atoms with Gasteiger partial charge in [0, 0.05) is 30.9 Å². The first-order valence-corrected chi connectivity index (χ1v) is 19.3. The normalized spacial score (nSPS) is 23.9. The quantitative estimate of drug-likeness (QED) is 0.157. The van der Waals surface area contributed by atoms with Crippen molar-refractivity contribution < 1.29 is 23.0 Å². The zero-order chi connectivity index (χ0) is 32.3. The molecule has 0 unspecified atom stereocenters. The van der Waals surface area contributed by atoms with Gasteiger partial charge in [-0.05, 0) is 81.3 Å². The number of benzene rings is 3. The van der Waals surface area contributed by atoms with Crippen LogP contribution in [0, 0.1) is 21.7 Å². The SMILES string of the molecule is CC1(C)OB(c2ccc([C@H]3CC[C@H](c4ccc([N+](=O)[O-])cc4)N3c3cc(F)c(N4CC[Si](C)(C)CC4)c(F)c3)cc2)OC1(C)C. The lowest BCUT2D eigenvalue weighted by Crippen LogP contribution is -2.43. The number of hydrogen-bond acceptors (Lipinski definition) is 6. The molecule has 0 N–H and O–H groups in total. The van der Waals surface area contributed by atoms with E-state index in [-0.39, 0.29) is 23.5 Å². The maximum atomic E-state index is 15.9. The zero-order valence-electron chi connectivity index (χ0n) is 27.0. The zero-order valence-corrected chi connectivity index (χ0v) is 28.0. The molecule has 0 aromatic heterocycles. The highest BCUT2D eigenvalue weighted by molar-refractivity contribution is 6.77. The van der Waals surface area contributed by atoms with Crippen LogP contribution in [0.4, 0.5) is 25.8 Å². The Balaban J connectivity index is 1.34. The van der Waals surface area contributed by atoms with Crippen molar-refractivity contribution in [3.05, 3.63) is 93.5 Å². The molecule has 0 aliphatic carbocycles. The number of halogens is 2. The van der Waals surface area contributed by atoms with Gasteiger partial charge in [-0.1, -0.05) is 49.5 Å². The number of hydrogen-bond donors (Lipinski definition) is 0. The molecule has 3 aliphatic heterocycles. The van der Waals surface area contributed by atoms with Crippen LogP contribution in [0.25, 0.3) is 0 Å². The van der Waals surface area contributed by atoms with E-state index in [0.29, 0.717) is 18.8 Å². The van der Waals surface area contributed by atoms with Gasteiger partial charge in [0.15, 0.2) is 11.6 Å². The highest BCUT2D eigenvalue weighted by Gasteiger charge is 2.51. The summed E-state index contributed by atoms with van der Waals surface area (Å²) < 4.78 is 44.3. The lowest BCUT2D eigenvalue weighted by molar-refractivity contribution is -0.384. The second-order valence-electron chi connectivity index (χ2n) is 14.5. The van der Waals surface area contributed by atoms with Gasteiger partial charge in [0.05, 0.1) is 36.3 Å². The molecule has 238 valence electrons. The van der Waals surface area contributed by atoms with Crippen LogP contribution in [-0.2, 0) is 9.31 Å². The van der Waals surface area contributed by atoms with Gasteiger partial charge >= 0.3 is 7.12 Å². The van der Waals surface area contributed by atoms with E-state index < -0.39 is 43.0 Å². The molecular weight excluding hydrogens is 591 g/mol.